The third-order valence-electron chi connectivity index (χ3n) is 3.26. The van der Waals surface area contributed by atoms with Gasteiger partial charge in [0.15, 0.2) is 0 Å². The highest BCUT2D eigenvalue weighted by Crippen LogP contribution is 2.30. The van der Waals surface area contributed by atoms with Crippen LogP contribution in [0.1, 0.15) is 23.0 Å². The SMILES string of the molecule is OC(c1ccco1)c1ccccc1OCc1ccccc1. The molecule has 1 N–H and O–H groups in total. The van der Waals surface area contributed by atoms with E-state index in [1.165, 1.54) is 0 Å². The Hall–Kier alpha value is -2.52. The topological polar surface area (TPSA) is 42.6 Å². The second kappa shape index (κ2) is 6.29. The van der Waals surface area contributed by atoms with Gasteiger partial charge in [-0.05, 0) is 23.8 Å². The molecule has 0 spiro atoms. The van der Waals surface area contributed by atoms with E-state index >= 15 is 0 Å². The normalized spacial score (nSPS) is 12.0. The molecule has 1 heterocycles. The molecule has 3 nitrogen and oxygen atoms in total. The molecule has 3 aromatic rings. The van der Waals surface area contributed by atoms with Crippen molar-refractivity contribution in [2.45, 2.75) is 12.7 Å². The summed E-state index contributed by atoms with van der Waals surface area (Å²) in [7, 11) is 0. The molecule has 1 unspecified atom stereocenters. The average Bonchev–Trinajstić information content (AvgIpc) is 3.08. The summed E-state index contributed by atoms with van der Waals surface area (Å²) >= 11 is 0. The van der Waals surface area contributed by atoms with E-state index in [9.17, 15) is 5.11 Å². The molecule has 1 atom stereocenters. The smallest absolute Gasteiger partial charge is 0.140 e. The number of aliphatic hydroxyl groups is 1. The Balaban J connectivity index is 1.80. The van der Waals surface area contributed by atoms with E-state index in [1.54, 1.807) is 18.4 Å². The first-order valence-corrected chi connectivity index (χ1v) is 6.82. The van der Waals surface area contributed by atoms with E-state index < -0.39 is 6.10 Å². The summed E-state index contributed by atoms with van der Waals surface area (Å²) in [5.74, 6) is 1.16. The molecule has 3 heteroatoms. The van der Waals surface area contributed by atoms with Crippen molar-refractivity contribution in [2.75, 3.05) is 0 Å². The minimum absolute atomic E-state index is 0.461. The van der Waals surface area contributed by atoms with Crippen molar-refractivity contribution in [3.8, 4) is 5.75 Å². The van der Waals surface area contributed by atoms with Crippen LogP contribution in [-0.2, 0) is 6.61 Å². The molecular formula is C18H16O3. The fourth-order valence-corrected chi connectivity index (χ4v) is 2.17. The molecule has 0 aliphatic rings. The third kappa shape index (κ3) is 3.15. The van der Waals surface area contributed by atoms with Crippen molar-refractivity contribution >= 4 is 0 Å². The number of hydrogen-bond donors (Lipinski definition) is 1. The van der Waals surface area contributed by atoms with Crippen LogP contribution >= 0.6 is 0 Å². The number of hydrogen-bond acceptors (Lipinski definition) is 3. The summed E-state index contributed by atoms with van der Waals surface area (Å²) in [4.78, 5) is 0. The molecule has 3 rings (SSSR count). The van der Waals surface area contributed by atoms with Gasteiger partial charge in [0, 0.05) is 5.56 Å². The van der Waals surface area contributed by atoms with E-state index in [1.807, 2.05) is 54.6 Å². The second-order valence-corrected chi connectivity index (χ2v) is 4.73. The molecule has 0 aliphatic heterocycles. The molecule has 0 aliphatic carbocycles. The molecule has 0 saturated carbocycles. The molecule has 1 aromatic heterocycles. The summed E-state index contributed by atoms with van der Waals surface area (Å²) < 4.78 is 11.1. The molecule has 2 aromatic carbocycles. The lowest BCUT2D eigenvalue weighted by Crippen LogP contribution is -2.03. The third-order valence-corrected chi connectivity index (χ3v) is 3.26. The maximum absolute atomic E-state index is 10.4. The number of rotatable bonds is 5. The predicted octanol–water partition coefficient (Wildman–Crippen LogP) is 3.94. The van der Waals surface area contributed by atoms with E-state index in [0.29, 0.717) is 23.7 Å². The zero-order valence-electron chi connectivity index (χ0n) is 11.5. The summed E-state index contributed by atoms with van der Waals surface area (Å²) in [6, 6.07) is 20.9. The summed E-state index contributed by atoms with van der Waals surface area (Å²) in [5, 5.41) is 10.4. The zero-order chi connectivity index (χ0) is 14.5. The predicted molar refractivity (Wildman–Crippen MR) is 80.0 cm³/mol. The Morgan fingerprint density at radius 3 is 2.43 bits per heavy atom. The summed E-state index contributed by atoms with van der Waals surface area (Å²) in [6.07, 6.45) is 0.721. The van der Waals surface area contributed by atoms with Gasteiger partial charge in [0.25, 0.3) is 0 Å². The molecule has 0 fully saturated rings. The van der Waals surface area contributed by atoms with Gasteiger partial charge in [0.05, 0.1) is 6.26 Å². The van der Waals surface area contributed by atoms with Crippen LogP contribution < -0.4 is 4.74 Å². The second-order valence-electron chi connectivity index (χ2n) is 4.73. The highest BCUT2D eigenvalue weighted by atomic mass is 16.5. The van der Waals surface area contributed by atoms with Crippen LogP contribution in [-0.4, -0.2) is 5.11 Å². The first kappa shape index (κ1) is 13.5. The van der Waals surface area contributed by atoms with Gasteiger partial charge < -0.3 is 14.3 Å². The van der Waals surface area contributed by atoms with E-state index in [4.69, 9.17) is 9.15 Å². The van der Waals surface area contributed by atoms with E-state index in [0.717, 1.165) is 5.56 Å². The number of benzene rings is 2. The Morgan fingerprint density at radius 2 is 1.67 bits per heavy atom. The minimum atomic E-state index is -0.827. The number of furan rings is 1. The van der Waals surface area contributed by atoms with Crippen molar-refractivity contribution in [3.05, 3.63) is 89.9 Å². The van der Waals surface area contributed by atoms with E-state index in [2.05, 4.69) is 0 Å². The standard InChI is InChI=1S/C18H16O3/c19-18(17-11-6-12-20-17)15-9-4-5-10-16(15)21-13-14-7-2-1-3-8-14/h1-12,18-19H,13H2. The molecule has 21 heavy (non-hydrogen) atoms. The van der Waals surface area contributed by atoms with Gasteiger partial charge in [-0.2, -0.15) is 0 Å². The monoisotopic (exact) mass is 280 g/mol. The Kier molecular flexibility index (Phi) is 4.03. The summed E-state index contributed by atoms with van der Waals surface area (Å²) in [6.45, 7) is 0.461. The molecular weight excluding hydrogens is 264 g/mol. The fraction of sp³-hybridized carbons (Fsp3) is 0.111. The Morgan fingerprint density at radius 1 is 0.905 bits per heavy atom. The van der Waals surface area contributed by atoms with Gasteiger partial charge in [-0.3, -0.25) is 0 Å². The van der Waals surface area contributed by atoms with Crippen LogP contribution in [0.15, 0.2) is 77.4 Å². The van der Waals surface area contributed by atoms with E-state index in [-0.39, 0.29) is 0 Å². The van der Waals surface area contributed by atoms with Gasteiger partial charge in [-0.15, -0.1) is 0 Å². The lowest BCUT2D eigenvalue weighted by Gasteiger charge is -2.14. The first-order valence-electron chi connectivity index (χ1n) is 6.82. The van der Waals surface area contributed by atoms with Crippen molar-refractivity contribution in [1.82, 2.24) is 0 Å². The lowest BCUT2D eigenvalue weighted by molar-refractivity contribution is 0.181. The van der Waals surface area contributed by atoms with Crippen LogP contribution in [0, 0.1) is 0 Å². The maximum Gasteiger partial charge on any atom is 0.140 e. The van der Waals surface area contributed by atoms with Crippen molar-refractivity contribution < 1.29 is 14.3 Å². The lowest BCUT2D eigenvalue weighted by atomic mass is 10.1. The van der Waals surface area contributed by atoms with Crippen molar-refractivity contribution in [3.63, 3.8) is 0 Å². The van der Waals surface area contributed by atoms with Crippen molar-refractivity contribution in [1.29, 1.82) is 0 Å². The van der Waals surface area contributed by atoms with Gasteiger partial charge in [0.2, 0.25) is 0 Å². The Labute approximate surface area is 123 Å². The van der Waals surface area contributed by atoms with Crippen LogP contribution in [0.2, 0.25) is 0 Å². The summed E-state index contributed by atoms with van der Waals surface area (Å²) in [5.41, 5.74) is 1.78. The van der Waals surface area contributed by atoms with Crippen LogP contribution in [0.4, 0.5) is 0 Å². The van der Waals surface area contributed by atoms with Gasteiger partial charge in [-0.1, -0.05) is 48.5 Å². The van der Waals surface area contributed by atoms with Crippen molar-refractivity contribution in [2.24, 2.45) is 0 Å². The quantitative estimate of drug-likeness (QED) is 0.769. The minimum Gasteiger partial charge on any atom is -0.489 e. The molecule has 0 radical (unpaired) electrons. The van der Waals surface area contributed by atoms with Gasteiger partial charge >= 0.3 is 0 Å². The molecule has 106 valence electrons. The number of para-hydroxylation sites is 1. The van der Waals surface area contributed by atoms with Crippen LogP contribution in [0.5, 0.6) is 5.75 Å². The fourth-order valence-electron chi connectivity index (χ4n) is 2.17. The largest absolute Gasteiger partial charge is 0.489 e. The van der Waals surface area contributed by atoms with Crippen LogP contribution in [0.3, 0.4) is 0 Å². The highest BCUT2D eigenvalue weighted by Gasteiger charge is 2.17. The highest BCUT2D eigenvalue weighted by molar-refractivity contribution is 5.38. The first-order chi connectivity index (χ1) is 10.3. The Bertz CT molecular complexity index is 675. The van der Waals surface area contributed by atoms with Crippen LogP contribution in [0.25, 0.3) is 0 Å². The number of ether oxygens (including phenoxy) is 1. The maximum atomic E-state index is 10.4. The molecule has 0 bridgehead atoms. The average molecular weight is 280 g/mol. The van der Waals surface area contributed by atoms with Gasteiger partial charge in [0.1, 0.15) is 24.2 Å². The molecule has 0 saturated heterocycles. The number of aliphatic hydroxyl groups excluding tert-OH is 1. The zero-order valence-corrected chi connectivity index (χ0v) is 11.5. The van der Waals surface area contributed by atoms with Gasteiger partial charge in [-0.25, -0.2) is 0 Å². The molecule has 0 amide bonds.